The molecule has 0 spiro atoms. The van der Waals surface area contributed by atoms with Gasteiger partial charge in [0.1, 0.15) is 5.75 Å². The van der Waals surface area contributed by atoms with E-state index in [1.807, 2.05) is 0 Å². The molecule has 0 aliphatic rings. The summed E-state index contributed by atoms with van der Waals surface area (Å²) in [6.07, 6.45) is 3.13. The Morgan fingerprint density at radius 1 is 1.24 bits per heavy atom. The molecule has 0 aliphatic carbocycles. The predicted octanol–water partition coefficient (Wildman–Crippen LogP) is 4.32. The number of hydrogen-bond donors (Lipinski definition) is 1. The highest BCUT2D eigenvalue weighted by Gasteiger charge is 2.07. The first-order chi connectivity index (χ1) is 10.0. The molecule has 2 heterocycles. The number of hydrogen-bond acceptors (Lipinski definition) is 4. The molecule has 0 atom stereocenters. The smallest absolute Gasteiger partial charge is 0.219 e. The fourth-order valence-corrected chi connectivity index (χ4v) is 2.03. The highest BCUT2D eigenvalue weighted by molar-refractivity contribution is 6.31. The van der Waals surface area contributed by atoms with E-state index < -0.39 is 0 Å². The lowest BCUT2D eigenvalue weighted by Gasteiger charge is -2.10. The monoisotopic (exact) mass is 325 g/mol. The molecule has 4 nitrogen and oxygen atoms in total. The van der Waals surface area contributed by atoms with Gasteiger partial charge in [0.15, 0.2) is 0 Å². The fraction of sp³-hybridized carbons (Fsp3) is 0.333. The van der Waals surface area contributed by atoms with Crippen LogP contribution in [0.4, 0.5) is 0 Å². The Balaban J connectivity index is 2.07. The number of halogens is 2. The Morgan fingerprint density at radius 3 is 2.76 bits per heavy atom. The molecule has 2 rings (SSSR count). The van der Waals surface area contributed by atoms with Crippen molar-refractivity contribution >= 4 is 23.2 Å². The quantitative estimate of drug-likeness (QED) is 0.859. The first-order valence-electron chi connectivity index (χ1n) is 6.69. The Kier molecular flexibility index (Phi) is 5.79. The Morgan fingerprint density at radius 2 is 2.05 bits per heavy atom. The Bertz CT molecular complexity index is 605. The predicted molar refractivity (Wildman–Crippen MR) is 85.1 cm³/mol. The van der Waals surface area contributed by atoms with Gasteiger partial charge in [-0.1, -0.05) is 37.0 Å². The maximum Gasteiger partial charge on any atom is 0.219 e. The minimum atomic E-state index is 0.463. The van der Waals surface area contributed by atoms with E-state index in [-0.39, 0.29) is 0 Å². The first-order valence-corrected chi connectivity index (χ1v) is 7.44. The van der Waals surface area contributed by atoms with E-state index in [9.17, 15) is 0 Å². The van der Waals surface area contributed by atoms with Gasteiger partial charge in [0, 0.05) is 24.9 Å². The molecule has 0 fully saturated rings. The number of ether oxygens (including phenoxy) is 1. The van der Waals surface area contributed by atoms with Crippen molar-refractivity contribution in [2.75, 3.05) is 6.54 Å². The van der Waals surface area contributed by atoms with E-state index >= 15 is 0 Å². The van der Waals surface area contributed by atoms with Gasteiger partial charge in [-0.2, -0.15) is 0 Å². The zero-order chi connectivity index (χ0) is 15.2. The van der Waals surface area contributed by atoms with Crippen molar-refractivity contribution < 1.29 is 4.74 Å². The second-order valence-electron chi connectivity index (χ2n) is 5.04. The van der Waals surface area contributed by atoms with Crippen molar-refractivity contribution in [1.82, 2.24) is 15.3 Å². The van der Waals surface area contributed by atoms with Crippen LogP contribution in [0.2, 0.25) is 10.0 Å². The van der Waals surface area contributed by atoms with Crippen molar-refractivity contribution in [3.05, 3.63) is 46.3 Å². The molecule has 0 saturated heterocycles. The van der Waals surface area contributed by atoms with Crippen molar-refractivity contribution in [2.24, 2.45) is 5.92 Å². The van der Waals surface area contributed by atoms with Gasteiger partial charge in [0.2, 0.25) is 5.88 Å². The van der Waals surface area contributed by atoms with Crippen molar-refractivity contribution in [3.8, 4) is 11.6 Å². The minimum Gasteiger partial charge on any atom is -0.437 e. The molecular formula is C15H17Cl2N3O. The molecule has 21 heavy (non-hydrogen) atoms. The summed E-state index contributed by atoms with van der Waals surface area (Å²) in [5, 5.41) is 4.43. The summed E-state index contributed by atoms with van der Waals surface area (Å²) in [7, 11) is 0. The van der Waals surface area contributed by atoms with Gasteiger partial charge in [-0.05, 0) is 18.5 Å². The van der Waals surface area contributed by atoms with Gasteiger partial charge < -0.3 is 10.1 Å². The Hall–Kier alpha value is -1.36. The summed E-state index contributed by atoms with van der Waals surface area (Å²) in [5.41, 5.74) is 0.754. The van der Waals surface area contributed by atoms with Gasteiger partial charge in [0.05, 0.1) is 21.9 Å². The van der Waals surface area contributed by atoms with Gasteiger partial charge in [0.25, 0.3) is 0 Å². The molecule has 0 saturated carbocycles. The van der Waals surface area contributed by atoms with Gasteiger partial charge in [-0.3, -0.25) is 4.98 Å². The minimum absolute atomic E-state index is 0.463. The van der Waals surface area contributed by atoms with Crippen LogP contribution >= 0.6 is 23.2 Å². The third kappa shape index (κ3) is 5.16. The van der Waals surface area contributed by atoms with E-state index in [2.05, 4.69) is 29.1 Å². The van der Waals surface area contributed by atoms with E-state index in [1.54, 1.807) is 30.6 Å². The SMILES string of the molecule is CC(C)CNCc1nc(Oc2cncc(Cl)c2)ccc1Cl. The second-order valence-corrected chi connectivity index (χ2v) is 5.89. The molecule has 0 aromatic carbocycles. The molecule has 0 unspecified atom stereocenters. The normalized spacial score (nSPS) is 10.9. The number of nitrogens with zero attached hydrogens (tertiary/aromatic N) is 2. The van der Waals surface area contributed by atoms with E-state index in [4.69, 9.17) is 27.9 Å². The molecule has 1 N–H and O–H groups in total. The van der Waals surface area contributed by atoms with Gasteiger partial charge in [-0.25, -0.2) is 4.98 Å². The highest BCUT2D eigenvalue weighted by atomic mass is 35.5. The summed E-state index contributed by atoms with van der Waals surface area (Å²) in [5.74, 6) is 1.57. The van der Waals surface area contributed by atoms with Crippen LogP contribution in [0.1, 0.15) is 19.5 Å². The number of pyridine rings is 2. The third-order valence-electron chi connectivity index (χ3n) is 2.64. The summed E-state index contributed by atoms with van der Waals surface area (Å²) < 4.78 is 5.64. The van der Waals surface area contributed by atoms with Crippen LogP contribution in [0.25, 0.3) is 0 Å². The molecule has 0 amide bonds. The molecular weight excluding hydrogens is 309 g/mol. The summed E-state index contributed by atoms with van der Waals surface area (Å²) >= 11 is 12.0. The van der Waals surface area contributed by atoms with E-state index in [1.165, 1.54) is 0 Å². The molecule has 0 aliphatic heterocycles. The topological polar surface area (TPSA) is 47.0 Å². The van der Waals surface area contributed by atoms with Gasteiger partial charge in [-0.15, -0.1) is 0 Å². The maximum absolute atomic E-state index is 6.15. The molecule has 112 valence electrons. The van der Waals surface area contributed by atoms with Crippen LogP contribution in [0.15, 0.2) is 30.6 Å². The summed E-state index contributed by atoms with van der Waals surface area (Å²) in [6, 6.07) is 5.17. The molecule has 6 heteroatoms. The van der Waals surface area contributed by atoms with Gasteiger partial charge >= 0.3 is 0 Å². The summed E-state index contributed by atoms with van der Waals surface area (Å²) in [6.45, 7) is 5.80. The summed E-state index contributed by atoms with van der Waals surface area (Å²) in [4.78, 5) is 8.37. The van der Waals surface area contributed by atoms with Crippen LogP contribution < -0.4 is 10.1 Å². The highest BCUT2D eigenvalue weighted by Crippen LogP contribution is 2.24. The lowest BCUT2D eigenvalue weighted by molar-refractivity contribution is 0.456. The van der Waals surface area contributed by atoms with Crippen molar-refractivity contribution in [3.63, 3.8) is 0 Å². The number of rotatable bonds is 6. The van der Waals surface area contributed by atoms with Crippen molar-refractivity contribution in [1.29, 1.82) is 0 Å². The zero-order valence-electron chi connectivity index (χ0n) is 11.9. The van der Waals surface area contributed by atoms with Crippen LogP contribution in [-0.2, 0) is 6.54 Å². The van der Waals surface area contributed by atoms with Crippen LogP contribution in [0.3, 0.4) is 0 Å². The maximum atomic E-state index is 6.15. The van der Waals surface area contributed by atoms with E-state index in [0.717, 1.165) is 12.2 Å². The average Bonchev–Trinajstić information content (AvgIpc) is 2.42. The standard InChI is InChI=1S/C15H17Cl2N3O/c1-10(2)6-18-9-14-13(17)3-4-15(20-14)21-12-5-11(16)7-19-8-12/h3-5,7-8,10,18H,6,9H2,1-2H3. The Labute approximate surface area is 134 Å². The van der Waals surface area contributed by atoms with Crippen LogP contribution in [0.5, 0.6) is 11.6 Å². The number of aromatic nitrogens is 2. The largest absolute Gasteiger partial charge is 0.437 e. The molecule has 0 bridgehead atoms. The first kappa shape index (κ1) is 16.0. The average molecular weight is 326 g/mol. The molecule has 2 aromatic heterocycles. The van der Waals surface area contributed by atoms with E-state index in [0.29, 0.717) is 34.1 Å². The zero-order valence-corrected chi connectivity index (χ0v) is 13.4. The second kappa shape index (κ2) is 7.59. The van der Waals surface area contributed by atoms with Crippen LogP contribution in [-0.4, -0.2) is 16.5 Å². The lowest BCUT2D eigenvalue weighted by Crippen LogP contribution is -2.19. The molecule has 0 radical (unpaired) electrons. The van der Waals surface area contributed by atoms with Crippen molar-refractivity contribution in [2.45, 2.75) is 20.4 Å². The third-order valence-corrected chi connectivity index (χ3v) is 3.19. The van der Waals surface area contributed by atoms with Crippen LogP contribution in [0, 0.1) is 5.92 Å². The number of nitrogens with one attached hydrogen (secondary N) is 1. The molecule has 2 aromatic rings. The lowest BCUT2D eigenvalue weighted by atomic mass is 10.2. The fourth-order valence-electron chi connectivity index (χ4n) is 1.69.